The maximum Gasteiger partial charge on any atom is 0.309 e. The van der Waals surface area contributed by atoms with Crippen molar-refractivity contribution >= 4 is 11.9 Å². The van der Waals surface area contributed by atoms with Crippen LogP contribution in [0.2, 0.25) is 0 Å². The molecule has 0 saturated carbocycles. The van der Waals surface area contributed by atoms with Crippen molar-refractivity contribution in [2.45, 2.75) is 78.6 Å². The maximum absolute atomic E-state index is 11.6. The van der Waals surface area contributed by atoms with Gasteiger partial charge in [-0.2, -0.15) is 0 Å². The van der Waals surface area contributed by atoms with Crippen LogP contribution in [0.3, 0.4) is 0 Å². The minimum absolute atomic E-state index is 0.217. The zero-order valence-corrected chi connectivity index (χ0v) is 13.2. The van der Waals surface area contributed by atoms with Crippen LogP contribution in [0.15, 0.2) is 0 Å². The Morgan fingerprint density at radius 2 is 1.50 bits per heavy atom. The van der Waals surface area contributed by atoms with Crippen LogP contribution in [0.4, 0.5) is 0 Å². The van der Waals surface area contributed by atoms with Gasteiger partial charge in [0.2, 0.25) is 0 Å². The summed E-state index contributed by atoms with van der Waals surface area (Å²) in [5.41, 5.74) is -0.587. The van der Waals surface area contributed by atoms with Gasteiger partial charge in [0.25, 0.3) is 0 Å². The molecule has 1 unspecified atom stereocenters. The SMILES string of the molecule is CCC(CCCCCCC(=O)O)C(CC)(CC)C(=O)O. The highest BCUT2D eigenvalue weighted by Gasteiger charge is 2.41. The van der Waals surface area contributed by atoms with E-state index in [1.807, 2.05) is 13.8 Å². The number of carboxylic acid groups (broad SMARTS) is 2. The van der Waals surface area contributed by atoms with Crippen molar-refractivity contribution in [1.82, 2.24) is 0 Å². The molecule has 4 heteroatoms. The fourth-order valence-corrected chi connectivity index (χ4v) is 3.20. The highest BCUT2D eigenvalue weighted by Crippen LogP contribution is 2.40. The molecule has 0 aromatic heterocycles. The van der Waals surface area contributed by atoms with Gasteiger partial charge in [0.1, 0.15) is 0 Å². The zero-order chi connectivity index (χ0) is 15.6. The van der Waals surface area contributed by atoms with Crippen molar-refractivity contribution in [3.05, 3.63) is 0 Å². The third kappa shape index (κ3) is 5.51. The van der Waals surface area contributed by atoms with E-state index in [0.29, 0.717) is 12.8 Å². The van der Waals surface area contributed by atoms with Gasteiger partial charge in [-0.1, -0.05) is 46.5 Å². The lowest BCUT2D eigenvalue weighted by Gasteiger charge is -2.35. The van der Waals surface area contributed by atoms with E-state index in [9.17, 15) is 14.7 Å². The van der Waals surface area contributed by atoms with Crippen LogP contribution in [-0.4, -0.2) is 22.2 Å². The molecule has 0 amide bonds. The van der Waals surface area contributed by atoms with Gasteiger partial charge in [-0.15, -0.1) is 0 Å². The van der Waals surface area contributed by atoms with Crippen molar-refractivity contribution < 1.29 is 19.8 Å². The lowest BCUT2D eigenvalue weighted by Crippen LogP contribution is -2.37. The van der Waals surface area contributed by atoms with E-state index < -0.39 is 17.4 Å². The third-order valence-corrected chi connectivity index (χ3v) is 4.66. The summed E-state index contributed by atoms with van der Waals surface area (Å²) in [6.07, 6.45) is 7.03. The van der Waals surface area contributed by atoms with E-state index in [1.54, 1.807) is 0 Å². The second-order valence-corrected chi connectivity index (χ2v) is 5.62. The molecule has 0 radical (unpaired) electrons. The molecule has 0 aliphatic heterocycles. The van der Waals surface area contributed by atoms with Crippen molar-refractivity contribution in [3.63, 3.8) is 0 Å². The second-order valence-electron chi connectivity index (χ2n) is 5.62. The van der Waals surface area contributed by atoms with Crippen molar-refractivity contribution in [3.8, 4) is 0 Å². The van der Waals surface area contributed by atoms with Crippen LogP contribution in [0.5, 0.6) is 0 Å². The van der Waals surface area contributed by atoms with Crippen LogP contribution >= 0.6 is 0 Å². The first kappa shape index (κ1) is 18.9. The molecule has 118 valence electrons. The predicted octanol–water partition coefficient (Wildman–Crippen LogP) is 4.33. The molecule has 0 heterocycles. The topological polar surface area (TPSA) is 74.6 Å². The average molecular weight is 286 g/mol. The Bertz CT molecular complexity index is 295. The summed E-state index contributed by atoms with van der Waals surface area (Å²) in [5.74, 6) is -1.19. The monoisotopic (exact) mass is 286 g/mol. The molecule has 0 aliphatic rings. The van der Waals surface area contributed by atoms with Gasteiger partial charge in [-0.3, -0.25) is 9.59 Å². The summed E-state index contributed by atoms with van der Waals surface area (Å²) in [5, 5.41) is 18.1. The number of hydrogen-bond acceptors (Lipinski definition) is 2. The van der Waals surface area contributed by atoms with Crippen LogP contribution in [0.1, 0.15) is 78.6 Å². The molecular formula is C16H30O4. The Morgan fingerprint density at radius 1 is 0.950 bits per heavy atom. The van der Waals surface area contributed by atoms with Crippen molar-refractivity contribution in [2.24, 2.45) is 11.3 Å². The van der Waals surface area contributed by atoms with Crippen LogP contribution < -0.4 is 0 Å². The smallest absolute Gasteiger partial charge is 0.309 e. The first-order valence-corrected chi connectivity index (χ1v) is 7.89. The Labute approximate surface area is 122 Å². The van der Waals surface area contributed by atoms with Gasteiger partial charge in [0.05, 0.1) is 5.41 Å². The summed E-state index contributed by atoms with van der Waals surface area (Å²) < 4.78 is 0. The first-order chi connectivity index (χ1) is 9.44. The van der Waals surface area contributed by atoms with Gasteiger partial charge in [0.15, 0.2) is 0 Å². The number of unbranched alkanes of at least 4 members (excludes halogenated alkanes) is 3. The molecule has 0 rings (SSSR count). The summed E-state index contributed by atoms with van der Waals surface area (Å²) in [4.78, 5) is 22.0. The van der Waals surface area contributed by atoms with E-state index in [-0.39, 0.29) is 12.3 Å². The molecule has 0 fully saturated rings. The molecule has 20 heavy (non-hydrogen) atoms. The normalized spacial score (nSPS) is 13.2. The Kier molecular flexibility index (Phi) is 9.26. The molecule has 4 nitrogen and oxygen atoms in total. The minimum Gasteiger partial charge on any atom is -0.481 e. The van der Waals surface area contributed by atoms with Gasteiger partial charge < -0.3 is 10.2 Å². The molecule has 0 spiro atoms. The van der Waals surface area contributed by atoms with Gasteiger partial charge in [0, 0.05) is 6.42 Å². The lowest BCUT2D eigenvalue weighted by atomic mass is 9.68. The second kappa shape index (κ2) is 9.78. The Hall–Kier alpha value is -1.06. The average Bonchev–Trinajstić information content (AvgIpc) is 2.41. The number of hydrogen-bond donors (Lipinski definition) is 2. The standard InChI is InChI=1S/C16H30O4/c1-4-13(16(5-2,6-3)15(19)20)11-9-7-8-10-12-14(17)18/h13H,4-12H2,1-3H3,(H,17,18)(H,19,20). The summed E-state index contributed by atoms with van der Waals surface area (Å²) >= 11 is 0. The largest absolute Gasteiger partial charge is 0.481 e. The predicted molar refractivity (Wildman–Crippen MR) is 79.8 cm³/mol. The lowest BCUT2D eigenvalue weighted by molar-refractivity contribution is -0.154. The molecule has 0 aliphatic carbocycles. The van der Waals surface area contributed by atoms with Gasteiger partial charge >= 0.3 is 11.9 Å². The molecule has 0 bridgehead atoms. The third-order valence-electron chi connectivity index (χ3n) is 4.66. The Balaban J connectivity index is 4.26. The quantitative estimate of drug-likeness (QED) is 0.524. The number of rotatable bonds is 12. The fraction of sp³-hybridized carbons (Fsp3) is 0.875. The number of aliphatic carboxylic acids is 2. The Morgan fingerprint density at radius 3 is 1.90 bits per heavy atom. The molecule has 0 aromatic rings. The maximum atomic E-state index is 11.6. The summed E-state index contributed by atoms with van der Waals surface area (Å²) in [7, 11) is 0. The van der Waals surface area contributed by atoms with Crippen molar-refractivity contribution in [1.29, 1.82) is 0 Å². The zero-order valence-electron chi connectivity index (χ0n) is 13.2. The minimum atomic E-state index is -0.738. The molecule has 0 saturated heterocycles. The molecule has 0 aromatic carbocycles. The van der Waals surface area contributed by atoms with Crippen LogP contribution in [0, 0.1) is 11.3 Å². The molecular weight excluding hydrogens is 256 g/mol. The van der Waals surface area contributed by atoms with E-state index >= 15 is 0 Å². The molecule has 1 atom stereocenters. The van der Waals surface area contributed by atoms with Gasteiger partial charge in [-0.05, 0) is 31.6 Å². The fourth-order valence-electron chi connectivity index (χ4n) is 3.20. The number of carbonyl (C=O) groups is 2. The first-order valence-electron chi connectivity index (χ1n) is 7.89. The van der Waals surface area contributed by atoms with E-state index in [0.717, 1.165) is 38.5 Å². The van der Waals surface area contributed by atoms with Crippen LogP contribution in [-0.2, 0) is 9.59 Å². The molecule has 2 N–H and O–H groups in total. The summed E-state index contributed by atoms with van der Waals surface area (Å²) in [6, 6.07) is 0. The van der Waals surface area contributed by atoms with E-state index in [1.165, 1.54) is 0 Å². The highest BCUT2D eigenvalue weighted by atomic mass is 16.4. The van der Waals surface area contributed by atoms with E-state index in [4.69, 9.17) is 5.11 Å². The van der Waals surface area contributed by atoms with Crippen LogP contribution in [0.25, 0.3) is 0 Å². The highest BCUT2D eigenvalue weighted by molar-refractivity contribution is 5.74. The summed E-state index contributed by atoms with van der Waals surface area (Å²) in [6.45, 7) is 6.00. The van der Waals surface area contributed by atoms with E-state index in [2.05, 4.69) is 6.92 Å². The number of carboxylic acids is 2. The van der Waals surface area contributed by atoms with Crippen molar-refractivity contribution in [2.75, 3.05) is 0 Å². The van der Waals surface area contributed by atoms with Gasteiger partial charge in [-0.25, -0.2) is 0 Å².